The van der Waals surface area contributed by atoms with E-state index in [-0.39, 0.29) is 36.3 Å². The Morgan fingerprint density at radius 3 is 2.55 bits per heavy atom. The molecule has 0 aromatic heterocycles. The highest BCUT2D eigenvalue weighted by Gasteiger charge is 2.41. The number of hydrogen-bond acceptors (Lipinski definition) is 7. The maximum absolute atomic E-state index is 13.2. The van der Waals surface area contributed by atoms with Crippen molar-refractivity contribution in [3.05, 3.63) is 89.7 Å². The monoisotopic (exact) mass is 559 g/mol. The minimum atomic E-state index is -0.730. The first kappa shape index (κ1) is 27.1. The topological polar surface area (TPSA) is 112 Å². The van der Waals surface area contributed by atoms with Crippen LogP contribution in [-0.2, 0) is 20.9 Å². The number of nitrogens with zero attached hydrogens (tertiary/aromatic N) is 3. The number of amidine groups is 2. The summed E-state index contributed by atoms with van der Waals surface area (Å²) in [6.07, 6.45) is 0.308. The second-order valence-electron chi connectivity index (χ2n) is 9.04. The number of para-hydroxylation sites is 2. The highest BCUT2D eigenvalue weighted by Crippen LogP contribution is 2.35. The molecule has 1 unspecified atom stereocenters. The van der Waals surface area contributed by atoms with Crippen LogP contribution in [0.3, 0.4) is 0 Å². The molecule has 0 fully saturated rings. The number of thioether (sulfide) groups is 1. The number of ether oxygens (including phenoxy) is 1. The van der Waals surface area contributed by atoms with Crippen molar-refractivity contribution in [3.8, 4) is 5.75 Å². The van der Waals surface area contributed by atoms with E-state index in [0.29, 0.717) is 40.2 Å². The van der Waals surface area contributed by atoms with Crippen LogP contribution in [0.2, 0.25) is 0 Å². The van der Waals surface area contributed by atoms with Crippen LogP contribution in [0.1, 0.15) is 24.0 Å². The molecule has 2 aliphatic heterocycles. The molecule has 204 valence electrons. The molecule has 2 heterocycles. The van der Waals surface area contributed by atoms with Crippen molar-refractivity contribution in [2.24, 2.45) is 9.98 Å². The quantitative estimate of drug-likeness (QED) is 0.405. The van der Waals surface area contributed by atoms with Gasteiger partial charge in [0, 0.05) is 29.8 Å². The number of carbonyl (C=O) groups is 3. The first-order valence-electron chi connectivity index (χ1n) is 12.6. The molecule has 11 heteroatoms. The summed E-state index contributed by atoms with van der Waals surface area (Å²) in [5, 5.41) is 6.05. The van der Waals surface area contributed by atoms with Gasteiger partial charge in [0.2, 0.25) is 11.8 Å². The summed E-state index contributed by atoms with van der Waals surface area (Å²) < 4.78 is 18.5. The predicted octanol–water partition coefficient (Wildman–Crippen LogP) is 4.26. The molecule has 0 radical (unpaired) electrons. The summed E-state index contributed by atoms with van der Waals surface area (Å²) in [4.78, 5) is 49.1. The molecular weight excluding hydrogens is 533 g/mol. The third-order valence-corrected chi connectivity index (χ3v) is 7.33. The molecule has 0 saturated carbocycles. The summed E-state index contributed by atoms with van der Waals surface area (Å²) in [5.41, 5.74) is 2.66. The molecule has 0 saturated heterocycles. The summed E-state index contributed by atoms with van der Waals surface area (Å²) in [7, 11) is 1.57. The lowest BCUT2D eigenvalue weighted by molar-refractivity contribution is -0.122. The van der Waals surface area contributed by atoms with E-state index in [2.05, 4.69) is 15.6 Å². The highest BCUT2D eigenvalue weighted by molar-refractivity contribution is 8.14. The lowest BCUT2D eigenvalue weighted by Crippen LogP contribution is -2.44. The second-order valence-corrected chi connectivity index (χ2v) is 9.98. The average molecular weight is 560 g/mol. The smallest absolute Gasteiger partial charge is 0.270 e. The molecule has 0 spiro atoms. The number of aliphatic imine (C=N–C) groups is 2. The number of hydrogen-bond donors (Lipinski definition) is 2. The van der Waals surface area contributed by atoms with Crippen molar-refractivity contribution in [1.29, 1.82) is 0 Å². The van der Waals surface area contributed by atoms with Gasteiger partial charge in [0.1, 0.15) is 23.4 Å². The molecule has 40 heavy (non-hydrogen) atoms. The lowest BCUT2D eigenvalue weighted by Gasteiger charge is -2.31. The van der Waals surface area contributed by atoms with Crippen LogP contribution in [0.5, 0.6) is 5.75 Å². The summed E-state index contributed by atoms with van der Waals surface area (Å²) in [6, 6.07) is 19.5. The summed E-state index contributed by atoms with van der Waals surface area (Å²) in [6.45, 7) is 0.298. The third kappa shape index (κ3) is 6.04. The molecular formula is C29H26FN5O4S. The van der Waals surface area contributed by atoms with Crippen LogP contribution in [-0.4, -0.2) is 52.5 Å². The van der Waals surface area contributed by atoms with Crippen molar-refractivity contribution in [2.75, 3.05) is 18.2 Å². The SMILES string of the molecule is COc1ccccc1CNC(=O)CCC1C(=O)N=C2c3ccccc3N=C(SCC(=O)Nc3ccc(F)cc3)N21. The fraction of sp³-hybridized carbons (Fsp3) is 0.207. The van der Waals surface area contributed by atoms with Gasteiger partial charge in [-0.3, -0.25) is 19.3 Å². The van der Waals surface area contributed by atoms with Gasteiger partial charge < -0.3 is 15.4 Å². The lowest BCUT2D eigenvalue weighted by atomic mass is 10.1. The first-order valence-corrected chi connectivity index (χ1v) is 13.6. The Morgan fingerprint density at radius 2 is 1.75 bits per heavy atom. The number of carbonyl (C=O) groups excluding carboxylic acids is 3. The Morgan fingerprint density at radius 1 is 1.00 bits per heavy atom. The maximum Gasteiger partial charge on any atom is 0.270 e. The van der Waals surface area contributed by atoms with E-state index in [1.165, 1.54) is 24.3 Å². The molecule has 0 aliphatic carbocycles. The van der Waals surface area contributed by atoms with Crippen molar-refractivity contribution >= 4 is 51.9 Å². The van der Waals surface area contributed by atoms with Crippen LogP contribution < -0.4 is 15.4 Å². The Hall–Kier alpha value is -4.51. The van der Waals surface area contributed by atoms with Gasteiger partial charge in [-0.2, -0.15) is 4.99 Å². The molecule has 3 amide bonds. The molecule has 0 bridgehead atoms. The molecule has 3 aromatic carbocycles. The molecule has 3 aromatic rings. The largest absolute Gasteiger partial charge is 0.496 e. The van der Waals surface area contributed by atoms with Gasteiger partial charge in [0.15, 0.2) is 5.17 Å². The second kappa shape index (κ2) is 12.1. The number of benzene rings is 3. The number of nitrogens with one attached hydrogen (secondary N) is 2. The first-order chi connectivity index (χ1) is 19.4. The van der Waals surface area contributed by atoms with E-state index in [1.54, 1.807) is 12.0 Å². The minimum Gasteiger partial charge on any atom is -0.496 e. The van der Waals surface area contributed by atoms with Gasteiger partial charge >= 0.3 is 0 Å². The summed E-state index contributed by atoms with van der Waals surface area (Å²) in [5.74, 6) is -0.149. The zero-order valence-corrected chi connectivity index (χ0v) is 22.4. The summed E-state index contributed by atoms with van der Waals surface area (Å²) >= 11 is 1.16. The average Bonchev–Trinajstić information content (AvgIpc) is 3.31. The normalized spacial score (nSPS) is 15.5. The fourth-order valence-electron chi connectivity index (χ4n) is 4.44. The number of fused-ring (bicyclic) bond motifs is 3. The van der Waals surface area contributed by atoms with Gasteiger partial charge in [0.25, 0.3) is 5.91 Å². The van der Waals surface area contributed by atoms with Gasteiger partial charge in [-0.1, -0.05) is 42.1 Å². The maximum atomic E-state index is 13.2. The van der Waals surface area contributed by atoms with Crippen LogP contribution in [0, 0.1) is 5.82 Å². The Balaban J connectivity index is 1.26. The number of anilines is 1. The Bertz CT molecular complexity index is 1510. The van der Waals surface area contributed by atoms with E-state index >= 15 is 0 Å². The molecule has 2 aliphatic rings. The van der Waals surface area contributed by atoms with Crippen molar-refractivity contribution in [3.63, 3.8) is 0 Å². The van der Waals surface area contributed by atoms with Crippen LogP contribution >= 0.6 is 11.8 Å². The van der Waals surface area contributed by atoms with E-state index in [0.717, 1.165) is 17.3 Å². The predicted molar refractivity (Wildman–Crippen MR) is 152 cm³/mol. The zero-order chi connectivity index (χ0) is 28.1. The van der Waals surface area contributed by atoms with E-state index in [9.17, 15) is 18.8 Å². The molecule has 1 atom stereocenters. The van der Waals surface area contributed by atoms with E-state index in [1.807, 2.05) is 48.5 Å². The van der Waals surface area contributed by atoms with Crippen molar-refractivity contribution in [2.45, 2.75) is 25.4 Å². The number of methoxy groups -OCH3 is 1. The number of rotatable bonds is 9. The van der Waals surface area contributed by atoms with Gasteiger partial charge in [-0.15, -0.1) is 0 Å². The molecule has 9 nitrogen and oxygen atoms in total. The number of halogens is 1. The Labute approximate surface area is 234 Å². The van der Waals surface area contributed by atoms with E-state index < -0.39 is 11.9 Å². The van der Waals surface area contributed by atoms with Crippen LogP contribution in [0.25, 0.3) is 0 Å². The van der Waals surface area contributed by atoms with E-state index in [4.69, 9.17) is 9.73 Å². The zero-order valence-electron chi connectivity index (χ0n) is 21.6. The fourth-order valence-corrected chi connectivity index (χ4v) is 5.28. The minimum absolute atomic E-state index is 0.00244. The van der Waals surface area contributed by atoms with Crippen LogP contribution in [0.15, 0.2) is 82.8 Å². The van der Waals surface area contributed by atoms with Crippen molar-refractivity contribution < 1.29 is 23.5 Å². The standard InChI is InChI=1S/C29H26FN5O4S/c1-39-24-9-5-2-6-18(24)16-31-25(36)15-14-23-28(38)34-27-21-7-3-4-8-22(21)33-29(35(23)27)40-17-26(37)32-20-12-10-19(30)11-13-20/h2-13,23H,14-17H2,1H3,(H,31,36)(H,32,37). The van der Waals surface area contributed by atoms with Crippen LogP contribution in [0.4, 0.5) is 15.8 Å². The van der Waals surface area contributed by atoms with Gasteiger partial charge in [-0.05, 0) is 48.9 Å². The number of amides is 3. The molecule has 5 rings (SSSR count). The van der Waals surface area contributed by atoms with Crippen molar-refractivity contribution in [1.82, 2.24) is 10.2 Å². The van der Waals surface area contributed by atoms with Gasteiger partial charge in [-0.25, -0.2) is 9.38 Å². The Kier molecular flexibility index (Phi) is 8.20. The van der Waals surface area contributed by atoms with Gasteiger partial charge in [0.05, 0.1) is 18.6 Å². The molecule has 2 N–H and O–H groups in total. The highest BCUT2D eigenvalue weighted by atomic mass is 32.2. The third-order valence-electron chi connectivity index (χ3n) is 6.38.